The van der Waals surface area contributed by atoms with Crippen LogP contribution in [0.15, 0.2) is 11.4 Å². The van der Waals surface area contributed by atoms with E-state index >= 15 is 0 Å². The summed E-state index contributed by atoms with van der Waals surface area (Å²) < 4.78 is 5.58. The molecular weight excluding hydrogens is 194 g/mol. The molecule has 0 saturated carbocycles. The molecule has 2 nitrogen and oxygen atoms in total. The van der Waals surface area contributed by atoms with Gasteiger partial charge >= 0.3 is 0 Å². The van der Waals surface area contributed by atoms with Crippen LogP contribution in [0.4, 0.5) is 0 Å². The zero-order valence-electron chi connectivity index (χ0n) is 8.53. The summed E-state index contributed by atoms with van der Waals surface area (Å²) in [4.78, 5) is 1.34. The van der Waals surface area contributed by atoms with Crippen LogP contribution in [0.25, 0.3) is 0 Å². The smallest absolute Gasteiger partial charge is 0.0594 e. The lowest BCUT2D eigenvalue weighted by Crippen LogP contribution is -2.17. The van der Waals surface area contributed by atoms with Crippen molar-refractivity contribution in [2.75, 3.05) is 6.61 Å². The van der Waals surface area contributed by atoms with E-state index in [1.807, 2.05) is 0 Å². The summed E-state index contributed by atoms with van der Waals surface area (Å²) in [5.74, 6) is 0. The van der Waals surface area contributed by atoms with E-state index in [9.17, 15) is 0 Å². The first kappa shape index (κ1) is 10.1. The van der Waals surface area contributed by atoms with Crippen molar-refractivity contribution in [3.8, 4) is 0 Å². The highest BCUT2D eigenvalue weighted by molar-refractivity contribution is 7.10. The van der Waals surface area contributed by atoms with Gasteiger partial charge in [0.2, 0.25) is 0 Å². The maximum Gasteiger partial charge on any atom is 0.0594 e. The molecule has 2 atom stereocenters. The molecule has 2 N–H and O–H groups in total. The third kappa shape index (κ3) is 2.35. The minimum Gasteiger partial charge on any atom is -0.378 e. The van der Waals surface area contributed by atoms with Crippen LogP contribution < -0.4 is 5.73 Å². The number of aryl methyl sites for hydroxylation is 1. The summed E-state index contributed by atoms with van der Waals surface area (Å²) in [6, 6.07) is 2.34. The molecule has 1 aliphatic heterocycles. The van der Waals surface area contributed by atoms with Crippen LogP contribution >= 0.6 is 11.3 Å². The average Bonchev–Trinajstić information content (AvgIpc) is 2.75. The van der Waals surface area contributed by atoms with Crippen molar-refractivity contribution in [3.05, 3.63) is 21.9 Å². The highest BCUT2D eigenvalue weighted by Crippen LogP contribution is 2.26. The lowest BCUT2D eigenvalue weighted by molar-refractivity contribution is 0.0984. The van der Waals surface area contributed by atoms with E-state index in [0.29, 0.717) is 6.10 Å². The second-order valence-electron chi connectivity index (χ2n) is 3.97. The fourth-order valence-corrected chi connectivity index (χ4v) is 2.68. The number of nitrogens with two attached hydrogens (primary N) is 1. The number of hydrogen-bond donors (Lipinski definition) is 1. The minimum atomic E-state index is 0.156. The maximum atomic E-state index is 6.11. The van der Waals surface area contributed by atoms with E-state index < -0.39 is 0 Å². The van der Waals surface area contributed by atoms with Gasteiger partial charge in [-0.2, -0.15) is 0 Å². The largest absolute Gasteiger partial charge is 0.378 e. The van der Waals surface area contributed by atoms with Gasteiger partial charge in [0, 0.05) is 17.5 Å². The zero-order chi connectivity index (χ0) is 9.97. The van der Waals surface area contributed by atoms with Crippen LogP contribution in [0, 0.1) is 6.92 Å². The fourth-order valence-electron chi connectivity index (χ4n) is 1.91. The summed E-state index contributed by atoms with van der Waals surface area (Å²) >= 11 is 1.77. The van der Waals surface area contributed by atoms with Crippen molar-refractivity contribution in [2.45, 2.75) is 38.3 Å². The molecule has 1 aromatic heterocycles. The van der Waals surface area contributed by atoms with Crippen molar-refractivity contribution >= 4 is 11.3 Å². The van der Waals surface area contributed by atoms with Gasteiger partial charge in [0.1, 0.15) is 0 Å². The SMILES string of the molecule is Cc1cc(C(N)CC2CCCO2)cs1. The Morgan fingerprint density at radius 1 is 1.71 bits per heavy atom. The molecule has 14 heavy (non-hydrogen) atoms. The standard InChI is InChI=1S/C11H17NOS/c1-8-5-9(7-14-8)11(12)6-10-3-2-4-13-10/h5,7,10-11H,2-4,6,12H2,1H3. The van der Waals surface area contributed by atoms with Gasteiger partial charge in [-0.25, -0.2) is 0 Å². The topological polar surface area (TPSA) is 35.2 Å². The second kappa shape index (κ2) is 4.43. The predicted octanol–water partition coefficient (Wildman–Crippen LogP) is 2.63. The van der Waals surface area contributed by atoms with Gasteiger partial charge in [-0.3, -0.25) is 0 Å². The van der Waals surface area contributed by atoms with Crippen LogP contribution in [-0.4, -0.2) is 12.7 Å². The quantitative estimate of drug-likeness (QED) is 0.834. The Kier molecular flexibility index (Phi) is 3.21. The van der Waals surface area contributed by atoms with E-state index in [1.165, 1.54) is 23.3 Å². The van der Waals surface area contributed by atoms with E-state index in [2.05, 4.69) is 18.4 Å². The zero-order valence-corrected chi connectivity index (χ0v) is 9.35. The van der Waals surface area contributed by atoms with Crippen molar-refractivity contribution in [1.29, 1.82) is 0 Å². The fraction of sp³-hybridized carbons (Fsp3) is 0.636. The molecule has 0 spiro atoms. The average molecular weight is 211 g/mol. The van der Waals surface area contributed by atoms with E-state index in [-0.39, 0.29) is 6.04 Å². The van der Waals surface area contributed by atoms with Crippen LogP contribution in [0.3, 0.4) is 0 Å². The van der Waals surface area contributed by atoms with Gasteiger partial charge in [-0.05, 0) is 43.2 Å². The third-order valence-corrected chi connectivity index (χ3v) is 3.60. The van der Waals surface area contributed by atoms with E-state index in [1.54, 1.807) is 11.3 Å². The third-order valence-electron chi connectivity index (χ3n) is 2.72. The van der Waals surface area contributed by atoms with Crippen molar-refractivity contribution in [1.82, 2.24) is 0 Å². The van der Waals surface area contributed by atoms with E-state index in [4.69, 9.17) is 10.5 Å². The number of rotatable bonds is 3. The Labute approximate surface area is 89.1 Å². The van der Waals surface area contributed by atoms with Crippen LogP contribution in [0.5, 0.6) is 0 Å². The Morgan fingerprint density at radius 2 is 2.57 bits per heavy atom. The Morgan fingerprint density at radius 3 is 3.14 bits per heavy atom. The van der Waals surface area contributed by atoms with E-state index in [0.717, 1.165) is 13.0 Å². The Hall–Kier alpha value is -0.380. The summed E-state index contributed by atoms with van der Waals surface area (Å²) in [6.07, 6.45) is 3.73. The molecule has 78 valence electrons. The molecule has 1 saturated heterocycles. The summed E-state index contributed by atoms with van der Waals surface area (Å²) in [5.41, 5.74) is 7.38. The molecule has 2 heterocycles. The Bertz CT molecular complexity index is 291. The van der Waals surface area contributed by atoms with Gasteiger partial charge in [0.15, 0.2) is 0 Å². The molecule has 0 radical (unpaired) electrons. The number of thiophene rings is 1. The van der Waals surface area contributed by atoms with Gasteiger partial charge in [-0.15, -0.1) is 11.3 Å². The molecule has 2 rings (SSSR count). The molecule has 0 amide bonds. The molecule has 1 aliphatic rings. The molecule has 0 aromatic carbocycles. The van der Waals surface area contributed by atoms with Crippen LogP contribution in [0.2, 0.25) is 0 Å². The first-order chi connectivity index (χ1) is 6.75. The summed E-state index contributed by atoms with van der Waals surface area (Å²) in [6.45, 7) is 3.03. The summed E-state index contributed by atoms with van der Waals surface area (Å²) in [5, 5.41) is 2.16. The molecule has 1 aromatic rings. The normalized spacial score (nSPS) is 24.0. The van der Waals surface area contributed by atoms with Crippen LogP contribution in [-0.2, 0) is 4.74 Å². The number of ether oxygens (including phenoxy) is 1. The monoisotopic (exact) mass is 211 g/mol. The van der Waals surface area contributed by atoms with Gasteiger partial charge in [0.05, 0.1) is 6.10 Å². The minimum absolute atomic E-state index is 0.156. The first-order valence-electron chi connectivity index (χ1n) is 5.18. The first-order valence-corrected chi connectivity index (χ1v) is 6.06. The molecular formula is C11H17NOS. The van der Waals surface area contributed by atoms with Crippen LogP contribution in [0.1, 0.15) is 35.7 Å². The molecule has 0 aliphatic carbocycles. The highest BCUT2D eigenvalue weighted by Gasteiger charge is 2.19. The van der Waals surface area contributed by atoms with Crippen molar-refractivity contribution in [2.24, 2.45) is 5.73 Å². The van der Waals surface area contributed by atoms with Crippen molar-refractivity contribution in [3.63, 3.8) is 0 Å². The molecule has 0 bridgehead atoms. The van der Waals surface area contributed by atoms with Gasteiger partial charge in [0.25, 0.3) is 0 Å². The van der Waals surface area contributed by atoms with Gasteiger partial charge in [-0.1, -0.05) is 0 Å². The lowest BCUT2D eigenvalue weighted by Gasteiger charge is -2.14. The van der Waals surface area contributed by atoms with Gasteiger partial charge < -0.3 is 10.5 Å². The lowest BCUT2D eigenvalue weighted by atomic mass is 10.0. The molecule has 1 fully saturated rings. The molecule has 3 heteroatoms. The number of hydrogen-bond acceptors (Lipinski definition) is 3. The second-order valence-corrected chi connectivity index (χ2v) is 5.08. The van der Waals surface area contributed by atoms with Crippen molar-refractivity contribution < 1.29 is 4.74 Å². The Balaban J connectivity index is 1.91. The maximum absolute atomic E-state index is 6.11. The predicted molar refractivity (Wildman–Crippen MR) is 59.6 cm³/mol. The molecule has 2 unspecified atom stereocenters. The summed E-state index contributed by atoms with van der Waals surface area (Å²) in [7, 11) is 0. The highest BCUT2D eigenvalue weighted by atomic mass is 32.1.